The van der Waals surface area contributed by atoms with Gasteiger partial charge in [0.1, 0.15) is 11.9 Å². The molecule has 0 aliphatic carbocycles. The van der Waals surface area contributed by atoms with E-state index in [2.05, 4.69) is 15.2 Å². The standard InChI is InChI=1S/C23H26FN7O2/c24-20-13-18(31-16-19(33-23(31)32)15-30-8-7-26-27-30)5-6-22(20)29-11-9-28(10-12-29)14-17-3-1-2-4-21(17)25/h1-8,13,19H,9-12,14-16,25H2/t19-/m0/s1. The molecule has 2 aliphatic rings. The number of ether oxygens (including phenoxy) is 1. The van der Waals surface area contributed by atoms with E-state index in [1.165, 1.54) is 11.0 Å². The van der Waals surface area contributed by atoms with E-state index in [1.54, 1.807) is 29.2 Å². The number of nitrogen functional groups attached to an aromatic ring is 1. The van der Waals surface area contributed by atoms with E-state index in [0.717, 1.165) is 44.0 Å². The van der Waals surface area contributed by atoms with Gasteiger partial charge in [-0.05, 0) is 29.8 Å². The number of piperazine rings is 1. The molecule has 1 atom stereocenters. The Morgan fingerprint density at radius 3 is 2.67 bits per heavy atom. The van der Waals surface area contributed by atoms with Crippen LogP contribution in [0.1, 0.15) is 5.56 Å². The number of para-hydroxylation sites is 1. The minimum Gasteiger partial charge on any atom is -0.442 e. The summed E-state index contributed by atoms with van der Waals surface area (Å²) in [5, 5.41) is 7.65. The lowest BCUT2D eigenvalue weighted by Gasteiger charge is -2.36. The monoisotopic (exact) mass is 451 g/mol. The van der Waals surface area contributed by atoms with Gasteiger partial charge in [0.05, 0.1) is 30.7 Å². The average Bonchev–Trinajstić information content (AvgIpc) is 3.45. The van der Waals surface area contributed by atoms with Gasteiger partial charge < -0.3 is 15.4 Å². The van der Waals surface area contributed by atoms with E-state index >= 15 is 4.39 Å². The van der Waals surface area contributed by atoms with Crippen molar-refractivity contribution >= 4 is 23.2 Å². The zero-order valence-corrected chi connectivity index (χ0v) is 18.2. The van der Waals surface area contributed by atoms with Crippen LogP contribution in [0.3, 0.4) is 0 Å². The molecular formula is C23H26FN7O2. The Kier molecular flexibility index (Phi) is 5.82. The van der Waals surface area contributed by atoms with Crippen LogP contribution in [-0.2, 0) is 17.8 Å². The van der Waals surface area contributed by atoms with Gasteiger partial charge in [-0.3, -0.25) is 9.80 Å². The first-order chi connectivity index (χ1) is 16.1. The smallest absolute Gasteiger partial charge is 0.414 e. The van der Waals surface area contributed by atoms with Crippen molar-refractivity contribution in [3.8, 4) is 0 Å². The van der Waals surface area contributed by atoms with Gasteiger partial charge in [-0.15, -0.1) is 5.10 Å². The summed E-state index contributed by atoms with van der Waals surface area (Å²) in [6, 6.07) is 12.8. The van der Waals surface area contributed by atoms with Crippen LogP contribution in [0.4, 0.5) is 26.2 Å². The van der Waals surface area contributed by atoms with E-state index in [4.69, 9.17) is 10.5 Å². The molecule has 10 heteroatoms. The maximum Gasteiger partial charge on any atom is 0.414 e. The van der Waals surface area contributed by atoms with Gasteiger partial charge in [-0.2, -0.15) is 0 Å². The molecular weight excluding hydrogens is 425 g/mol. The topological polar surface area (TPSA) is 92.8 Å². The van der Waals surface area contributed by atoms with Gasteiger partial charge in [-0.25, -0.2) is 13.9 Å². The molecule has 2 aromatic carbocycles. The number of hydrogen-bond donors (Lipinski definition) is 1. The summed E-state index contributed by atoms with van der Waals surface area (Å²) in [5.41, 5.74) is 9.00. The first-order valence-corrected chi connectivity index (χ1v) is 11.0. The average molecular weight is 452 g/mol. The number of cyclic esters (lactones) is 1. The van der Waals surface area contributed by atoms with E-state index in [9.17, 15) is 4.79 Å². The van der Waals surface area contributed by atoms with Crippen molar-refractivity contribution in [1.82, 2.24) is 19.9 Å². The summed E-state index contributed by atoms with van der Waals surface area (Å²) in [6.45, 7) is 4.59. The third-order valence-electron chi connectivity index (χ3n) is 6.14. The molecule has 0 radical (unpaired) electrons. The van der Waals surface area contributed by atoms with Crippen LogP contribution in [0.5, 0.6) is 0 Å². The zero-order valence-electron chi connectivity index (χ0n) is 18.2. The molecule has 0 bridgehead atoms. The molecule has 3 heterocycles. The Morgan fingerprint density at radius 2 is 1.94 bits per heavy atom. The first kappa shape index (κ1) is 21.2. The highest BCUT2D eigenvalue weighted by Crippen LogP contribution is 2.29. The number of anilines is 3. The molecule has 0 saturated carbocycles. The third-order valence-corrected chi connectivity index (χ3v) is 6.14. The predicted molar refractivity (Wildman–Crippen MR) is 122 cm³/mol. The van der Waals surface area contributed by atoms with E-state index in [0.29, 0.717) is 24.5 Å². The molecule has 2 saturated heterocycles. The van der Waals surface area contributed by atoms with E-state index in [-0.39, 0.29) is 11.9 Å². The van der Waals surface area contributed by atoms with Crippen molar-refractivity contribution in [3.05, 3.63) is 66.2 Å². The number of hydrogen-bond acceptors (Lipinski definition) is 7. The van der Waals surface area contributed by atoms with Crippen molar-refractivity contribution in [2.24, 2.45) is 0 Å². The molecule has 172 valence electrons. The zero-order chi connectivity index (χ0) is 22.8. The summed E-state index contributed by atoms with van der Waals surface area (Å²) in [5.74, 6) is -0.346. The predicted octanol–water partition coefficient (Wildman–Crippen LogP) is 2.35. The summed E-state index contributed by atoms with van der Waals surface area (Å²) in [6.07, 6.45) is 2.42. The van der Waals surface area contributed by atoms with Crippen LogP contribution in [0.2, 0.25) is 0 Å². The van der Waals surface area contributed by atoms with Crippen molar-refractivity contribution in [3.63, 3.8) is 0 Å². The fraction of sp³-hybridized carbons (Fsp3) is 0.348. The number of nitrogens with zero attached hydrogens (tertiary/aromatic N) is 6. The number of aromatic nitrogens is 3. The quantitative estimate of drug-likeness (QED) is 0.575. The molecule has 33 heavy (non-hydrogen) atoms. The Morgan fingerprint density at radius 1 is 1.12 bits per heavy atom. The largest absolute Gasteiger partial charge is 0.442 e. The number of carbonyl (C=O) groups excluding carboxylic acids is 1. The first-order valence-electron chi connectivity index (χ1n) is 11.0. The number of benzene rings is 2. The Balaban J connectivity index is 1.20. The summed E-state index contributed by atoms with van der Waals surface area (Å²) >= 11 is 0. The molecule has 2 fully saturated rings. The number of nitrogens with two attached hydrogens (primary N) is 1. The van der Waals surface area contributed by atoms with Crippen LogP contribution in [0.15, 0.2) is 54.9 Å². The van der Waals surface area contributed by atoms with Gasteiger partial charge in [0, 0.05) is 44.6 Å². The van der Waals surface area contributed by atoms with Crippen molar-refractivity contribution < 1.29 is 13.9 Å². The van der Waals surface area contributed by atoms with Crippen LogP contribution in [0.25, 0.3) is 0 Å². The maximum absolute atomic E-state index is 15.0. The van der Waals surface area contributed by atoms with Crippen LogP contribution >= 0.6 is 0 Å². The Labute approximate surface area is 191 Å². The minimum atomic E-state index is -0.485. The van der Waals surface area contributed by atoms with Gasteiger partial charge in [0.15, 0.2) is 0 Å². The molecule has 9 nitrogen and oxygen atoms in total. The second-order valence-corrected chi connectivity index (χ2v) is 8.34. The van der Waals surface area contributed by atoms with Crippen molar-refractivity contribution in [2.75, 3.05) is 48.3 Å². The number of carbonyl (C=O) groups is 1. The van der Waals surface area contributed by atoms with Gasteiger partial charge >= 0.3 is 6.09 Å². The normalized spacial score (nSPS) is 19.2. The Hall–Kier alpha value is -3.66. The molecule has 0 spiro atoms. The third kappa shape index (κ3) is 4.61. The van der Waals surface area contributed by atoms with Gasteiger partial charge in [-0.1, -0.05) is 23.4 Å². The van der Waals surface area contributed by atoms with Crippen LogP contribution in [0, 0.1) is 5.82 Å². The minimum absolute atomic E-state index is 0.332. The van der Waals surface area contributed by atoms with Crippen LogP contribution < -0.4 is 15.5 Å². The molecule has 2 N–H and O–H groups in total. The fourth-order valence-electron chi connectivity index (χ4n) is 4.35. The lowest BCUT2D eigenvalue weighted by atomic mass is 10.1. The Bertz CT molecular complexity index is 1120. The number of rotatable bonds is 6. The number of halogens is 1. The van der Waals surface area contributed by atoms with E-state index in [1.807, 2.05) is 29.2 Å². The molecule has 0 unspecified atom stereocenters. The van der Waals surface area contributed by atoms with Crippen LogP contribution in [-0.4, -0.2) is 64.8 Å². The summed E-state index contributed by atoms with van der Waals surface area (Å²) < 4.78 is 22.1. The molecule has 1 aromatic heterocycles. The number of amides is 1. The lowest BCUT2D eigenvalue weighted by Crippen LogP contribution is -2.46. The van der Waals surface area contributed by atoms with Gasteiger partial charge in [0.25, 0.3) is 0 Å². The molecule has 3 aromatic rings. The van der Waals surface area contributed by atoms with Crippen molar-refractivity contribution in [1.29, 1.82) is 0 Å². The van der Waals surface area contributed by atoms with Crippen molar-refractivity contribution in [2.45, 2.75) is 19.2 Å². The lowest BCUT2D eigenvalue weighted by molar-refractivity contribution is 0.129. The summed E-state index contributed by atoms with van der Waals surface area (Å²) in [4.78, 5) is 18.2. The van der Waals surface area contributed by atoms with E-state index < -0.39 is 6.09 Å². The second kappa shape index (κ2) is 9.07. The molecule has 5 rings (SSSR count). The highest BCUT2D eigenvalue weighted by molar-refractivity contribution is 5.90. The maximum atomic E-state index is 15.0. The second-order valence-electron chi connectivity index (χ2n) is 8.34. The summed E-state index contributed by atoms with van der Waals surface area (Å²) in [7, 11) is 0. The SMILES string of the molecule is Nc1ccccc1CN1CCN(c2ccc(N3C[C@H](Cn4ccnn4)OC3=O)cc2F)CC1. The molecule has 1 amide bonds. The highest BCUT2D eigenvalue weighted by atomic mass is 19.1. The highest BCUT2D eigenvalue weighted by Gasteiger charge is 2.33. The molecule has 2 aliphatic heterocycles. The van der Waals surface area contributed by atoms with Gasteiger partial charge in [0.2, 0.25) is 0 Å². The fourth-order valence-corrected chi connectivity index (χ4v) is 4.35.